The zero-order valence-electron chi connectivity index (χ0n) is 14.5. The van der Waals surface area contributed by atoms with Crippen LogP contribution in [0.5, 0.6) is 0 Å². The number of nitrogens with one attached hydrogen (secondary N) is 4. The Balaban J connectivity index is 1.72. The van der Waals surface area contributed by atoms with Gasteiger partial charge >= 0.3 is 6.03 Å². The maximum absolute atomic E-state index is 11.7. The van der Waals surface area contributed by atoms with E-state index in [4.69, 9.17) is 12.2 Å². The van der Waals surface area contributed by atoms with Gasteiger partial charge in [-0.2, -0.15) is 0 Å². The minimum atomic E-state index is -0.186. The summed E-state index contributed by atoms with van der Waals surface area (Å²) in [6.45, 7) is 4.54. The molecule has 0 aromatic heterocycles. The molecule has 132 valence electrons. The van der Waals surface area contributed by atoms with E-state index in [2.05, 4.69) is 21.3 Å². The average molecular weight is 349 g/mol. The third-order valence-electron chi connectivity index (χ3n) is 4.03. The van der Waals surface area contributed by atoms with Gasteiger partial charge in [0.15, 0.2) is 5.11 Å². The van der Waals surface area contributed by atoms with E-state index in [-0.39, 0.29) is 12.1 Å². The number of hydrogen-bond donors (Lipinski definition) is 4. The van der Waals surface area contributed by atoms with Crippen LogP contribution in [0.25, 0.3) is 0 Å². The maximum atomic E-state index is 11.7. The molecule has 0 radical (unpaired) electrons. The molecule has 0 bridgehead atoms. The second-order valence-electron chi connectivity index (χ2n) is 6.61. The van der Waals surface area contributed by atoms with Gasteiger partial charge in [-0.1, -0.05) is 31.4 Å². The summed E-state index contributed by atoms with van der Waals surface area (Å²) < 4.78 is 0. The predicted octanol–water partition coefficient (Wildman–Crippen LogP) is 3.51. The Hall–Kier alpha value is -1.82. The molecule has 0 atom stereocenters. The Kier molecular flexibility index (Phi) is 7.31. The number of anilines is 1. The van der Waals surface area contributed by atoms with E-state index in [1.807, 2.05) is 38.1 Å². The highest BCUT2D eigenvalue weighted by Crippen LogP contribution is 2.17. The lowest BCUT2D eigenvalue weighted by Crippen LogP contribution is -2.42. The Morgan fingerprint density at radius 2 is 1.83 bits per heavy atom. The lowest BCUT2D eigenvalue weighted by atomic mass is 9.96. The third kappa shape index (κ3) is 6.74. The molecule has 0 saturated heterocycles. The molecule has 0 heterocycles. The van der Waals surface area contributed by atoms with Crippen molar-refractivity contribution in [2.75, 3.05) is 5.32 Å². The van der Waals surface area contributed by atoms with Crippen molar-refractivity contribution in [2.45, 2.75) is 64.6 Å². The van der Waals surface area contributed by atoms with E-state index < -0.39 is 0 Å². The van der Waals surface area contributed by atoms with E-state index >= 15 is 0 Å². The Morgan fingerprint density at radius 1 is 1.17 bits per heavy atom. The molecule has 1 aliphatic carbocycles. The van der Waals surface area contributed by atoms with E-state index in [0.29, 0.717) is 12.6 Å². The van der Waals surface area contributed by atoms with Crippen molar-refractivity contribution in [1.82, 2.24) is 16.0 Å². The fraction of sp³-hybridized carbons (Fsp3) is 0.556. The third-order valence-corrected chi connectivity index (χ3v) is 4.29. The first-order valence-electron chi connectivity index (χ1n) is 8.74. The molecular formula is C18H28N4OS. The monoisotopic (exact) mass is 348 g/mol. The first kappa shape index (κ1) is 18.5. The van der Waals surface area contributed by atoms with E-state index in [0.717, 1.165) is 16.4 Å². The summed E-state index contributed by atoms with van der Waals surface area (Å²) in [4.78, 5) is 11.7. The van der Waals surface area contributed by atoms with Crippen LogP contribution in [0.1, 0.15) is 51.5 Å². The van der Waals surface area contributed by atoms with Gasteiger partial charge in [0.1, 0.15) is 0 Å². The summed E-state index contributed by atoms with van der Waals surface area (Å²) in [5.74, 6) is 0. The lowest BCUT2D eigenvalue weighted by molar-refractivity contribution is 0.250. The minimum absolute atomic E-state index is 0.117. The molecule has 1 aliphatic rings. The number of amides is 2. The maximum Gasteiger partial charge on any atom is 0.319 e. The van der Waals surface area contributed by atoms with Gasteiger partial charge < -0.3 is 21.3 Å². The first-order chi connectivity index (χ1) is 11.5. The number of carbonyl (C=O) groups is 1. The standard InChI is InChI=1S/C18H28N4OS/c1-13(2)20-17(23)21-16-10-8-14(9-11-16)12-19-18(24)22-15-6-4-3-5-7-15/h8-11,13,15H,3-7,12H2,1-2H3,(H2,19,22,24)(H2,20,21,23). The number of urea groups is 1. The summed E-state index contributed by atoms with van der Waals surface area (Å²) >= 11 is 5.37. The van der Waals surface area contributed by atoms with Crippen molar-refractivity contribution in [3.05, 3.63) is 29.8 Å². The van der Waals surface area contributed by atoms with Gasteiger partial charge in [-0.3, -0.25) is 0 Å². The highest BCUT2D eigenvalue weighted by atomic mass is 32.1. The van der Waals surface area contributed by atoms with Crippen LogP contribution < -0.4 is 21.3 Å². The molecule has 1 aromatic carbocycles. The molecule has 6 heteroatoms. The topological polar surface area (TPSA) is 65.2 Å². The number of benzene rings is 1. The quantitative estimate of drug-likeness (QED) is 0.615. The predicted molar refractivity (Wildman–Crippen MR) is 103 cm³/mol. The second kappa shape index (κ2) is 9.47. The summed E-state index contributed by atoms with van der Waals surface area (Å²) in [5.41, 5.74) is 1.90. The van der Waals surface area contributed by atoms with Crippen LogP contribution in [0, 0.1) is 0 Å². The summed E-state index contributed by atoms with van der Waals surface area (Å²) in [6.07, 6.45) is 6.34. The van der Waals surface area contributed by atoms with Gasteiger partial charge in [0, 0.05) is 24.3 Å². The number of carbonyl (C=O) groups excluding carboxylic acids is 1. The van der Waals surface area contributed by atoms with E-state index in [9.17, 15) is 4.79 Å². The highest BCUT2D eigenvalue weighted by Gasteiger charge is 2.13. The average Bonchev–Trinajstić information content (AvgIpc) is 2.54. The number of hydrogen-bond acceptors (Lipinski definition) is 2. The molecule has 1 fully saturated rings. The summed E-state index contributed by atoms with van der Waals surface area (Å²) in [7, 11) is 0. The number of thiocarbonyl (C=S) groups is 1. The zero-order chi connectivity index (χ0) is 17.4. The second-order valence-corrected chi connectivity index (χ2v) is 7.02. The van der Waals surface area contributed by atoms with Crippen LogP contribution in [0.4, 0.5) is 10.5 Å². The van der Waals surface area contributed by atoms with Gasteiger partial charge in [0.25, 0.3) is 0 Å². The van der Waals surface area contributed by atoms with E-state index in [1.54, 1.807) is 0 Å². The Bertz CT molecular complexity index is 538. The molecule has 0 aliphatic heterocycles. The van der Waals surface area contributed by atoms with Gasteiger partial charge in [0.05, 0.1) is 0 Å². The minimum Gasteiger partial charge on any atom is -0.360 e. The van der Waals surface area contributed by atoms with Crippen molar-refractivity contribution >= 4 is 29.0 Å². The Morgan fingerprint density at radius 3 is 2.46 bits per heavy atom. The highest BCUT2D eigenvalue weighted by molar-refractivity contribution is 7.80. The molecule has 1 saturated carbocycles. The molecular weight excluding hydrogens is 320 g/mol. The van der Waals surface area contributed by atoms with Crippen LogP contribution >= 0.6 is 12.2 Å². The van der Waals surface area contributed by atoms with E-state index in [1.165, 1.54) is 32.1 Å². The molecule has 1 aromatic rings. The van der Waals surface area contributed by atoms with Crippen LogP contribution in [0.15, 0.2) is 24.3 Å². The molecule has 4 N–H and O–H groups in total. The molecule has 5 nitrogen and oxygen atoms in total. The van der Waals surface area contributed by atoms with Gasteiger partial charge in [0.2, 0.25) is 0 Å². The largest absolute Gasteiger partial charge is 0.360 e. The molecule has 2 rings (SSSR count). The van der Waals surface area contributed by atoms with Crippen LogP contribution in [-0.2, 0) is 6.54 Å². The van der Waals surface area contributed by atoms with Crippen molar-refractivity contribution in [3.63, 3.8) is 0 Å². The van der Waals surface area contributed by atoms with Crippen LogP contribution in [-0.4, -0.2) is 23.2 Å². The van der Waals surface area contributed by atoms with Crippen molar-refractivity contribution in [1.29, 1.82) is 0 Å². The van der Waals surface area contributed by atoms with Gasteiger partial charge in [-0.15, -0.1) is 0 Å². The van der Waals surface area contributed by atoms with Gasteiger partial charge in [-0.05, 0) is 56.6 Å². The van der Waals surface area contributed by atoms with Crippen LogP contribution in [0.2, 0.25) is 0 Å². The summed E-state index contributed by atoms with van der Waals surface area (Å²) in [6, 6.07) is 8.22. The lowest BCUT2D eigenvalue weighted by Gasteiger charge is -2.24. The number of rotatable bonds is 5. The first-order valence-corrected chi connectivity index (χ1v) is 9.14. The van der Waals surface area contributed by atoms with Crippen molar-refractivity contribution in [2.24, 2.45) is 0 Å². The Labute approximate surface area is 150 Å². The fourth-order valence-corrected chi connectivity index (χ4v) is 3.04. The summed E-state index contributed by atoms with van der Waals surface area (Å²) in [5, 5.41) is 13.0. The van der Waals surface area contributed by atoms with Crippen molar-refractivity contribution < 1.29 is 4.79 Å². The van der Waals surface area contributed by atoms with Crippen LogP contribution in [0.3, 0.4) is 0 Å². The molecule has 24 heavy (non-hydrogen) atoms. The normalized spacial score (nSPS) is 15.0. The van der Waals surface area contributed by atoms with Crippen molar-refractivity contribution in [3.8, 4) is 0 Å². The van der Waals surface area contributed by atoms with Gasteiger partial charge in [-0.25, -0.2) is 4.79 Å². The smallest absolute Gasteiger partial charge is 0.319 e. The molecule has 2 amide bonds. The fourth-order valence-electron chi connectivity index (χ4n) is 2.80. The SMILES string of the molecule is CC(C)NC(=O)Nc1ccc(CNC(=S)NC2CCCCC2)cc1. The molecule has 0 unspecified atom stereocenters. The zero-order valence-corrected chi connectivity index (χ0v) is 15.3. The molecule has 0 spiro atoms.